The Hall–Kier alpha value is -1.71. The lowest BCUT2D eigenvalue weighted by atomic mass is 9.96. The lowest BCUT2D eigenvalue weighted by Gasteiger charge is -2.39. The van der Waals surface area contributed by atoms with E-state index in [1.54, 1.807) is 0 Å². The van der Waals surface area contributed by atoms with Gasteiger partial charge in [-0.2, -0.15) is 0 Å². The number of ether oxygens (including phenoxy) is 2. The first kappa shape index (κ1) is 27.5. The molecule has 2 N–H and O–H groups in total. The van der Waals surface area contributed by atoms with Crippen molar-refractivity contribution in [2.24, 2.45) is 0 Å². The van der Waals surface area contributed by atoms with Crippen LogP contribution in [-0.2, 0) is 14.3 Å². The number of piperazine rings is 1. The summed E-state index contributed by atoms with van der Waals surface area (Å²) in [6.45, 7) is 3.99. The van der Waals surface area contributed by atoms with E-state index in [1.165, 1.54) is 11.1 Å². The third-order valence-electron chi connectivity index (χ3n) is 5.49. The van der Waals surface area contributed by atoms with Crippen molar-refractivity contribution in [2.75, 3.05) is 59.2 Å². The number of rotatable bonds is 11. The van der Waals surface area contributed by atoms with Gasteiger partial charge >= 0.3 is 5.97 Å². The third kappa shape index (κ3) is 8.87. The molecule has 1 aliphatic heterocycles. The second-order valence-corrected chi connectivity index (χ2v) is 8.25. The molecule has 0 bridgehead atoms. The molecule has 0 aromatic heterocycles. The van der Waals surface area contributed by atoms with E-state index in [1.807, 2.05) is 18.2 Å². The van der Waals surface area contributed by atoms with Gasteiger partial charge in [-0.1, -0.05) is 54.1 Å². The van der Waals surface area contributed by atoms with Gasteiger partial charge in [-0.15, -0.1) is 12.4 Å². The fraction of sp³-hybridized carbons (Fsp3) is 0.458. The maximum absolute atomic E-state index is 11.6. The lowest BCUT2D eigenvalue weighted by molar-refractivity contribution is -0.152. The zero-order valence-corrected chi connectivity index (χ0v) is 20.1. The van der Waals surface area contributed by atoms with E-state index in [2.05, 4.69) is 46.2 Å². The van der Waals surface area contributed by atoms with E-state index in [0.29, 0.717) is 6.61 Å². The molecule has 1 saturated heterocycles. The summed E-state index contributed by atoms with van der Waals surface area (Å²) in [7, 11) is 0. The summed E-state index contributed by atoms with van der Waals surface area (Å²) in [4.78, 5) is 16.4. The average molecular weight is 499 g/mol. The molecule has 0 aliphatic carbocycles. The van der Waals surface area contributed by atoms with E-state index in [0.717, 1.165) is 37.7 Å². The molecule has 2 aromatic rings. The molecule has 182 valence electrons. The third-order valence-corrected chi connectivity index (χ3v) is 5.74. The van der Waals surface area contributed by atoms with Gasteiger partial charge in [0.15, 0.2) is 0 Å². The van der Waals surface area contributed by atoms with Crippen LogP contribution in [0.1, 0.15) is 17.2 Å². The van der Waals surface area contributed by atoms with Gasteiger partial charge in [0.25, 0.3) is 0 Å². The van der Waals surface area contributed by atoms with Crippen LogP contribution in [0.5, 0.6) is 0 Å². The molecule has 2 aromatic carbocycles. The first-order chi connectivity index (χ1) is 15.6. The first-order valence-corrected chi connectivity index (χ1v) is 11.2. The normalized spacial score (nSPS) is 16.6. The molecule has 2 atom stereocenters. The van der Waals surface area contributed by atoms with Gasteiger partial charge in [0.2, 0.25) is 0 Å². The molecule has 0 radical (unpaired) electrons. The van der Waals surface area contributed by atoms with Crippen LogP contribution in [0.15, 0.2) is 54.6 Å². The quantitative estimate of drug-likeness (QED) is 0.363. The van der Waals surface area contributed by atoms with Gasteiger partial charge in [-0.25, -0.2) is 4.79 Å². The highest BCUT2D eigenvalue weighted by Crippen LogP contribution is 2.30. The second kappa shape index (κ2) is 14.5. The molecule has 1 aliphatic rings. The highest BCUT2D eigenvalue weighted by atomic mass is 35.5. The smallest absolute Gasteiger partial charge is 0.332 e. The predicted molar refractivity (Wildman–Crippen MR) is 130 cm³/mol. The van der Waals surface area contributed by atoms with Crippen molar-refractivity contribution in [3.8, 4) is 0 Å². The van der Waals surface area contributed by atoms with Gasteiger partial charge < -0.3 is 19.7 Å². The number of halogens is 2. The number of esters is 1. The van der Waals surface area contributed by atoms with Crippen LogP contribution in [-0.4, -0.2) is 91.2 Å². The van der Waals surface area contributed by atoms with Crippen molar-refractivity contribution in [3.63, 3.8) is 0 Å². The number of benzene rings is 2. The van der Waals surface area contributed by atoms with Crippen molar-refractivity contribution < 1.29 is 24.5 Å². The Morgan fingerprint density at radius 1 is 1.00 bits per heavy atom. The highest BCUT2D eigenvalue weighted by molar-refractivity contribution is 6.30. The maximum Gasteiger partial charge on any atom is 0.332 e. The monoisotopic (exact) mass is 498 g/mol. The Kier molecular flexibility index (Phi) is 12.1. The van der Waals surface area contributed by atoms with Crippen LogP contribution in [0.2, 0.25) is 5.02 Å². The van der Waals surface area contributed by atoms with Gasteiger partial charge in [0, 0.05) is 37.7 Å². The topological polar surface area (TPSA) is 82.5 Å². The predicted octanol–water partition coefficient (Wildman–Crippen LogP) is 2.38. The van der Waals surface area contributed by atoms with Crippen LogP contribution in [0, 0.1) is 0 Å². The number of carbonyl (C=O) groups excluding carboxylic acids is 1. The summed E-state index contributed by atoms with van der Waals surface area (Å²) < 4.78 is 10.2. The Morgan fingerprint density at radius 2 is 1.64 bits per heavy atom. The Bertz CT molecular complexity index is 817. The Labute approximate surface area is 206 Å². The van der Waals surface area contributed by atoms with Crippen LogP contribution in [0.4, 0.5) is 0 Å². The van der Waals surface area contributed by atoms with Crippen LogP contribution in [0.25, 0.3) is 0 Å². The van der Waals surface area contributed by atoms with Crippen molar-refractivity contribution in [1.29, 1.82) is 0 Å². The van der Waals surface area contributed by atoms with Crippen molar-refractivity contribution in [3.05, 3.63) is 70.7 Å². The number of carbonyl (C=O) groups is 1. The number of hydrogen-bond acceptors (Lipinski definition) is 7. The minimum Gasteiger partial charge on any atom is -0.461 e. The summed E-state index contributed by atoms with van der Waals surface area (Å²) in [6.07, 6.45) is -1.05. The average Bonchev–Trinajstić information content (AvgIpc) is 2.83. The fourth-order valence-corrected chi connectivity index (χ4v) is 3.90. The van der Waals surface area contributed by atoms with Gasteiger partial charge in [0.1, 0.15) is 19.3 Å². The molecular formula is C24H32Cl2N2O5. The highest BCUT2D eigenvalue weighted by Gasteiger charge is 2.26. The molecule has 0 spiro atoms. The largest absolute Gasteiger partial charge is 0.461 e. The van der Waals surface area contributed by atoms with E-state index in [-0.39, 0.29) is 31.7 Å². The SMILES string of the molecule is Cl.O=C(COCCN1CCN(C(c2ccccc2)c2ccc(Cl)cc2)CC1)OCC(O)CO. The van der Waals surface area contributed by atoms with Gasteiger partial charge in [-0.3, -0.25) is 9.80 Å². The summed E-state index contributed by atoms with van der Waals surface area (Å²) in [5.74, 6) is -0.545. The molecule has 1 heterocycles. The van der Waals surface area contributed by atoms with E-state index in [4.69, 9.17) is 26.2 Å². The molecular weight excluding hydrogens is 467 g/mol. The maximum atomic E-state index is 11.6. The molecule has 3 rings (SSSR count). The molecule has 9 heteroatoms. The minimum absolute atomic E-state index is 0. The second-order valence-electron chi connectivity index (χ2n) is 7.81. The van der Waals surface area contributed by atoms with Crippen molar-refractivity contribution in [1.82, 2.24) is 9.80 Å². The van der Waals surface area contributed by atoms with Crippen molar-refractivity contribution in [2.45, 2.75) is 12.1 Å². The van der Waals surface area contributed by atoms with Gasteiger partial charge in [0.05, 0.1) is 19.3 Å². The zero-order valence-electron chi connectivity index (χ0n) is 18.5. The zero-order chi connectivity index (χ0) is 22.8. The van der Waals surface area contributed by atoms with Crippen molar-refractivity contribution >= 4 is 30.0 Å². The molecule has 2 unspecified atom stereocenters. The van der Waals surface area contributed by atoms with Crippen LogP contribution in [0.3, 0.4) is 0 Å². The summed E-state index contributed by atoms with van der Waals surface area (Å²) in [6, 6.07) is 18.8. The summed E-state index contributed by atoms with van der Waals surface area (Å²) in [5, 5.41) is 18.6. The van der Waals surface area contributed by atoms with Crippen LogP contribution >= 0.6 is 24.0 Å². The Balaban J connectivity index is 0.00000385. The molecule has 33 heavy (non-hydrogen) atoms. The molecule has 0 saturated carbocycles. The number of aliphatic hydroxyl groups excluding tert-OH is 2. The number of aliphatic hydroxyl groups is 2. The molecule has 7 nitrogen and oxygen atoms in total. The first-order valence-electron chi connectivity index (χ1n) is 10.9. The van der Waals surface area contributed by atoms with E-state index in [9.17, 15) is 9.90 Å². The minimum atomic E-state index is -1.05. The van der Waals surface area contributed by atoms with Gasteiger partial charge in [-0.05, 0) is 23.3 Å². The van der Waals surface area contributed by atoms with E-state index < -0.39 is 18.7 Å². The number of hydrogen-bond donors (Lipinski definition) is 2. The number of nitrogens with zero attached hydrogens (tertiary/aromatic N) is 2. The van der Waals surface area contributed by atoms with Crippen LogP contribution < -0.4 is 0 Å². The summed E-state index contributed by atoms with van der Waals surface area (Å²) in [5.41, 5.74) is 2.48. The summed E-state index contributed by atoms with van der Waals surface area (Å²) >= 11 is 6.10. The standard InChI is InChI=1S/C24H31ClN2O5.ClH/c25-21-8-6-20(7-9-21)24(19-4-2-1-3-5-19)27-12-10-26(11-13-27)14-15-31-18-23(30)32-17-22(29)16-28;/h1-9,22,24,28-29H,10-18H2;1H. The fourth-order valence-electron chi connectivity index (χ4n) is 3.77. The van der Waals surface area contributed by atoms with E-state index >= 15 is 0 Å². The lowest BCUT2D eigenvalue weighted by Crippen LogP contribution is -2.48. The molecule has 1 fully saturated rings. The molecule has 0 amide bonds. The Morgan fingerprint density at radius 3 is 2.27 bits per heavy atom.